The molecule has 0 fully saturated rings. The Bertz CT molecular complexity index is 774. The lowest BCUT2D eigenvalue weighted by Gasteiger charge is -2.39. The minimum absolute atomic E-state index is 0.0630. The summed E-state index contributed by atoms with van der Waals surface area (Å²) in [6.45, 7) is 3.44. The highest BCUT2D eigenvalue weighted by molar-refractivity contribution is 5.99. The number of fused-ring (bicyclic) bond motifs is 2. The third-order valence-electron chi connectivity index (χ3n) is 4.96. The second-order valence-electron chi connectivity index (χ2n) is 6.32. The van der Waals surface area contributed by atoms with Gasteiger partial charge in [-0.15, -0.1) is 0 Å². The lowest BCUT2D eigenvalue weighted by Crippen LogP contribution is -2.46. The quantitative estimate of drug-likeness (QED) is 0.892. The molecule has 1 aliphatic carbocycles. The van der Waals surface area contributed by atoms with Crippen molar-refractivity contribution < 1.29 is 4.79 Å². The maximum absolute atomic E-state index is 12.3. The van der Waals surface area contributed by atoms with E-state index in [2.05, 4.69) is 52.7 Å². The molecule has 0 saturated heterocycles. The molecule has 1 aliphatic heterocycles. The Kier molecular flexibility index (Phi) is 3.08. The number of amides is 1. The van der Waals surface area contributed by atoms with Crippen molar-refractivity contribution in [3.8, 4) is 0 Å². The molecule has 4 rings (SSSR count). The van der Waals surface area contributed by atoms with Crippen LogP contribution in [0.25, 0.3) is 16.5 Å². The molecule has 2 N–H and O–H groups in total. The molecular formula is C18H21N3O. The fourth-order valence-corrected chi connectivity index (χ4v) is 3.92. The van der Waals surface area contributed by atoms with Crippen molar-refractivity contribution >= 4 is 22.4 Å². The summed E-state index contributed by atoms with van der Waals surface area (Å²) in [5.41, 5.74) is 5.17. The van der Waals surface area contributed by atoms with Crippen LogP contribution in [-0.4, -0.2) is 42.0 Å². The topological polar surface area (TPSA) is 48.1 Å². The van der Waals surface area contributed by atoms with Crippen LogP contribution in [0, 0.1) is 5.92 Å². The van der Waals surface area contributed by atoms with E-state index in [1.165, 1.54) is 27.6 Å². The van der Waals surface area contributed by atoms with Gasteiger partial charge >= 0.3 is 0 Å². The number of carbonyl (C=O) groups is 1. The molecule has 4 heteroatoms. The zero-order valence-corrected chi connectivity index (χ0v) is 13.0. The van der Waals surface area contributed by atoms with Crippen molar-refractivity contribution in [1.29, 1.82) is 0 Å². The van der Waals surface area contributed by atoms with Gasteiger partial charge in [0.05, 0.1) is 5.92 Å². The molecule has 2 heterocycles. The van der Waals surface area contributed by atoms with Crippen LogP contribution in [-0.2, 0) is 11.2 Å². The van der Waals surface area contributed by atoms with E-state index in [1.54, 1.807) is 0 Å². The lowest BCUT2D eigenvalue weighted by atomic mass is 9.80. The molecule has 0 radical (unpaired) electrons. The Balaban J connectivity index is 1.84. The lowest BCUT2D eigenvalue weighted by molar-refractivity contribution is -0.124. The molecule has 2 aromatic rings. The van der Waals surface area contributed by atoms with Gasteiger partial charge in [0.25, 0.3) is 0 Å². The maximum Gasteiger partial charge on any atom is 0.228 e. The van der Waals surface area contributed by atoms with E-state index in [-0.39, 0.29) is 11.8 Å². The monoisotopic (exact) mass is 295 g/mol. The first-order chi connectivity index (χ1) is 10.7. The zero-order chi connectivity index (χ0) is 15.3. The number of rotatable bonds is 2. The van der Waals surface area contributed by atoms with E-state index in [1.807, 2.05) is 6.92 Å². The summed E-state index contributed by atoms with van der Waals surface area (Å²) in [6.07, 6.45) is 5.34. The SMILES string of the molecule is CCNC(=O)[C@@H]1C=C2c3cccc4[nH]cc(c34)C[C@H]2N(C)C1. The van der Waals surface area contributed by atoms with Gasteiger partial charge in [0.15, 0.2) is 0 Å². The normalized spacial score (nSPS) is 24.0. The summed E-state index contributed by atoms with van der Waals surface area (Å²) in [5.74, 6) is 0.0688. The first-order valence-electron chi connectivity index (χ1n) is 7.98. The molecule has 1 aromatic heterocycles. The highest BCUT2D eigenvalue weighted by Crippen LogP contribution is 2.40. The molecule has 2 aliphatic rings. The summed E-state index contributed by atoms with van der Waals surface area (Å²) in [7, 11) is 2.13. The number of benzene rings is 1. The largest absolute Gasteiger partial charge is 0.361 e. The van der Waals surface area contributed by atoms with Crippen LogP contribution in [0.2, 0.25) is 0 Å². The standard InChI is InChI=1S/C18H21N3O/c1-3-19-18(22)12-7-14-13-5-4-6-15-17(13)11(9-20-15)8-16(14)21(2)10-12/h4-7,9,12,16,20H,3,8,10H2,1-2H3,(H,19,22)/t12-,16-/m1/s1. The summed E-state index contributed by atoms with van der Waals surface area (Å²) in [5, 5.41) is 4.28. The van der Waals surface area contributed by atoms with Gasteiger partial charge in [0.1, 0.15) is 0 Å². The molecule has 4 nitrogen and oxygen atoms in total. The smallest absolute Gasteiger partial charge is 0.228 e. The van der Waals surface area contributed by atoms with Crippen molar-refractivity contribution in [3.63, 3.8) is 0 Å². The fraction of sp³-hybridized carbons (Fsp3) is 0.389. The molecule has 1 aromatic carbocycles. The van der Waals surface area contributed by atoms with E-state index < -0.39 is 0 Å². The molecule has 0 spiro atoms. The number of nitrogens with zero attached hydrogens (tertiary/aromatic N) is 1. The second kappa shape index (κ2) is 4.99. The highest BCUT2D eigenvalue weighted by Gasteiger charge is 2.35. The van der Waals surface area contributed by atoms with Crippen molar-refractivity contribution in [2.24, 2.45) is 5.92 Å². The molecular weight excluding hydrogens is 274 g/mol. The molecule has 0 bridgehead atoms. The predicted molar refractivity (Wildman–Crippen MR) is 88.6 cm³/mol. The van der Waals surface area contributed by atoms with Crippen molar-refractivity contribution in [2.45, 2.75) is 19.4 Å². The van der Waals surface area contributed by atoms with Crippen LogP contribution in [0.15, 0.2) is 30.5 Å². The summed E-state index contributed by atoms with van der Waals surface area (Å²) >= 11 is 0. The van der Waals surface area contributed by atoms with Crippen LogP contribution in [0.3, 0.4) is 0 Å². The van der Waals surface area contributed by atoms with Crippen LogP contribution < -0.4 is 5.32 Å². The van der Waals surface area contributed by atoms with E-state index >= 15 is 0 Å². The number of hydrogen-bond donors (Lipinski definition) is 2. The summed E-state index contributed by atoms with van der Waals surface area (Å²) in [4.78, 5) is 18.0. The minimum Gasteiger partial charge on any atom is -0.361 e. The Hall–Kier alpha value is -2.07. The molecule has 1 amide bonds. The van der Waals surface area contributed by atoms with Crippen molar-refractivity contribution in [3.05, 3.63) is 41.6 Å². The van der Waals surface area contributed by atoms with Gasteiger partial charge in [0.2, 0.25) is 5.91 Å². The number of H-pyrrole nitrogens is 1. The van der Waals surface area contributed by atoms with Gasteiger partial charge in [-0.3, -0.25) is 9.69 Å². The van der Waals surface area contributed by atoms with Crippen LogP contribution in [0.1, 0.15) is 18.1 Å². The van der Waals surface area contributed by atoms with E-state index in [4.69, 9.17) is 0 Å². The van der Waals surface area contributed by atoms with Crippen LogP contribution in [0.5, 0.6) is 0 Å². The molecule has 2 atom stereocenters. The van der Waals surface area contributed by atoms with Crippen molar-refractivity contribution in [2.75, 3.05) is 20.1 Å². The van der Waals surface area contributed by atoms with Gasteiger partial charge in [-0.25, -0.2) is 0 Å². The molecule has 0 unspecified atom stereocenters. The first kappa shape index (κ1) is 13.6. The average Bonchev–Trinajstić information content (AvgIpc) is 2.93. The zero-order valence-electron chi connectivity index (χ0n) is 13.0. The number of aromatic nitrogens is 1. The van der Waals surface area contributed by atoms with Gasteiger partial charge < -0.3 is 10.3 Å². The Morgan fingerprint density at radius 1 is 1.45 bits per heavy atom. The number of carbonyl (C=O) groups excluding carboxylic acids is 1. The van der Waals surface area contributed by atoms with Crippen molar-refractivity contribution in [1.82, 2.24) is 15.2 Å². The fourth-order valence-electron chi connectivity index (χ4n) is 3.92. The van der Waals surface area contributed by atoms with Gasteiger partial charge in [-0.1, -0.05) is 18.2 Å². The number of aromatic amines is 1. The molecule has 114 valence electrons. The number of likely N-dealkylation sites (N-methyl/N-ethyl adjacent to an activating group) is 1. The maximum atomic E-state index is 12.3. The third kappa shape index (κ3) is 1.91. The predicted octanol–water partition coefficient (Wildman–Crippen LogP) is 2.17. The molecule has 22 heavy (non-hydrogen) atoms. The second-order valence-corrected chi connectivity index (χ2v) is 6.32. The average molecular weight is 295 g/mol. The number of hydrogen-bond acceptors (Lipinski definition) is 2. The minimum atomic E-state index is -0.0630. The van der Waals surface area contributed by atoms with Crippen LogP contribution in [0.4, 0.5) is 0 Å². The Labute approximate surface area is 130 Å². The number of nitrogens with one attached hydrogen (secondary N) is 2. The van der Waals surface area contributed by atoms with Gasteiger partial charge in [-0.2, -0.15) is 0 Å². The third-order valence-corrected chi connectivity index (χ3v) is 4.96. The van der Waals surface area contributed by atoms with E-state index in [0.717, 1.165) is 13.0 Å². The van der Waals surface area contributed by atoms with Gasteiger partial charge in [-0.05, 0) is 43.2 Å². The summed E-state index contributed by atoms with van der Waals surface area (Å²) in [6, 6.07) is 6.78. The van der Waals surface area contributed by atoms with Gasteiger partial charge in [0, 0.05) is 36.2 Å². The van der Waals surface area contributed by atoms with Crippen LogP contribution >= 0.6 is 0 Å². The Morgan fingerprint density at radius 2 is 2.32 bits per heavy atom. The van der Waals surface area contributed by atoms with E-state index in [9.17, 15) is 4.79 Å². The van der Waals surface area contributed by atoms with E-state index in [0.29, 0.717) is 12.6 Å². The molecule has 0 saturated carbocycles. The Morgan fingerprint density at radius 3 is 3.14 bits per heavy atom. The highest BCUT2D eigenvalue weighted by atomic mass is 16.1. The summed E-state index contributed by atoms with van der Waals surface area (Å²) < 4.78 is 0. The first-order valence-corrected chi connectivity index (χ1v) is 7.98.